The van der Waals surface area contributed by atoms with Crippen molar-refractivity contribution >= 4 is 0 Å². The van der Waals surface area contributed by atoms with E-state index in [0.29, 0.717) is 48.3 Å². The number of aliphatic hydroxyl groups excluding tert-OH is 7. The van der Waals surface area contributed by atoms with Crippen molar-refractivity contribution in [2.75, 3.05) is 13.2 Å². The Balaban J connectivity index is 0.962. The number of aliphatic hydroxyl groups is 7. The van der Waals surface area contributed by atoms with Crippen LogP contribution in [0.3, 0.4) is 0 Å². The molecule has 4 aliphatic carbocycles. The molecule has 0 aromatic rings. The lowest BCUT2D eigenvalue weighted by atomic mass is 9.44. The van der Waals surface area contributed by atoms with Crippen LogP contribution in [-0.2, 0) is 28.4 Å². The Morgan fingerprint density at radius 1 is 0.731 bits per heavy atom. The van der Waals surface area contributed by atoms with E-state index in [1.807, 2.05) is 0 Å². The van der Waals surface area contributed by atoms with Gasteiger partial charge in [-0.25, -0.2) is 0 Å². The normalized spacial score (nSPS) is 60.5. The second-order valence-corrected chi connectivity index (χ2v) is 18.8. The Labute approximate surface area is 307 Å². The Hall–Kier alpha value is -0.520. The summed E-state index contributed by atoms with van der Waals surface area (Å²) in [7, 11) is 0. The summed E-state index contributed by atoms with van der Waals surface area (Å²) >= 11 is 0. The van der Waals surface area contributed by atoms with E-state index in [1.165, 1.54) is 6.92 Å². The quantitative estimate of drug-likeness (QED) is 0.200. The van der Waals surface area contributed by atoms with Gasteiger partial charge in [-0.2, -0.15) is 0 Å². The average molecular weight is 741 g/mol. The van der Waals surface area contributed by atoms with Gasteiger partial charge in [0.1, 0.15) is 42.7 Å². The predicted molar refractivity (Wildman–Crippen MR) is 183 cm³/mol. The fourth-order valence-electron chi connectivity index (χ4n) is 13.2. The Kier molecular flexibility index (Phi) is 10.2. The van der Waals surface area contributed by atoms with Crippen molar-refractivity contribution in [1.29, 1.82) is 0 Å². The molecular weight excluding hydrogens is 676 g/mol. The third-order valence-corrected chi connectivity index (χ3v) is 16.2. The molecule has 8 fully saturated rings. The summed E-state index contributed by atoms with van der Waals surface area (Å²) in [5.41, 5.74) is 0.115. The standard InChI is InChI=1S/C39H64O13/c1-17-8-11-39(47-16-17)18(2)28-26(52-39)13-23-21-7-6-20-12-25(24(41)14-38(20,5)22(21)9-10-37(23,28)4)49-36-34(32(45)30(43)27(15-40)50-36)51-35-33(46)31(44)29(42)19(3)48-35/h17-36,40-46H,6-16H2,1-5H3/t17-,18?,19+,20+,21?,22?,23?,24-,25-,26?,27-,28?,29+,30+,31-,32+,33-,34-,35+,36-,37+,38+,39-/m1/s1. The lowest BCUT2D eigenvalue weighted by Crippen LogP contribution is -2.65. The van der Waals surface area contributed by atoms with Gasteiger partial charge in [-0.1, -0.05) is 27.7 Å². The van der Waals surface area contributed by atoms with Gasteiger partial charge in [-0.05, 0) is 105 Å². The third kappa shape index (κ3) is 5.89. The summed E-state index contributed by atoms with van der Waals surface area (Å²) in [6.07, 6.45) is -6.51. The van der Waals surface area contributed by atoms with E-state index in [-0.39, 0.29) is 22.9 Å². The van der Waals surface area contributed by atoms with E-state index in [0.717, 1.165) is 51.6 Å². The van der Waals surface area contributed by atoms with Crippen LogP contribution in [0, 0.1) is 52.3 Å². The molecule has 4 heterocycles. The van der Waals surface area contributed by atoms with Gasteiger partial charge in [0.2, 0.25) is 0 Å². The first kappa shape index (κ1) is 38.4. The second kappa shape index (κ2) is 13.8. The fourth-order valence-corrected chi connectivity index (χ4v) is 13.2. The highest BCUT2D eigenvalue weighted by molar-refractivity contribution is 5.16. The maximum absolute atomic E-state index is 11.8. The van der Waals surface area contributed by atoms with Crippen LogP contribution in [0.2, 0.25) is 0 Å². The van der Waals surface area contributed by atoms with Crippen LogP contribution in [0.4, 0.5) is 0 Å². The van der Waals surface area contributed by atoms with E-state index in [9.17, 15) is 35.7 Å². The Morgan fingerprint density at radius 2 is 1.50 bits per heavy atom. The molecule has 6 unspecified atom stereocenters. The van der Waals surface area contributed by atoms with Gasteiger partial charge in [0.25, 0.3) is 0 Å². The van der Waals surface area contributed by atoms with Crippen molar-refractivity contribution in [1.82, 2.24) is 0 Å². The van der Waals surface area contributed by atoms with E-state index in [4.69, 9.17) is 28.4 Å². The molecule has 7 N–H and O–H groups in total. The summed E-state index contributed by atoms with van der Waals surface area (Å²) < 4.78 is 37.4. The molecule has 8 rings (SSSR count). The molecule has 0 aromatic carbocycles. The molecule has 1 spiro atoms. The molecule has 0 aromatic heterocycles. The third-order valence-electron chi connectivity index (χ3n) is 16.2. The molecule has 4 saturated carbocycles. The van der Waals surface area contributed by atoms with Crippen LogP contribution in [-0.4, -0.2) is 134 Å². The molecule has 4 saturated heterocycles. The van der Waals surface area contributed by atoms with Gasteiger partial charge in [0.05, 0.1) is 37.6 Å². The van der Waals surface area contributed by atoms with Crippen molar-refractivity contribution in [3.8, 4) is 0 Å². The van der Waals surface area contributed by atoms with Crippen molar-refractivity contribution < 1.29 is 64.2 Å². The Bertz CT molecular complexity index is 1280. The van der Waals surface area contributed by atoms with Gasteiger partial charge in [-0.3, -0.25) is 0 Å². The molecular formula is C39H64O13. The second-order valence-electron chi connectivity index (χ2n) is 18.8. The lowest BCUT2D eigenvalue weighted by Gasteiger charge is -2.62. The van der Waals surface area contributed by atoms with Gasteiger partial charge < -0.3 is 64.2 Å². The summed E-state index contributed by atoms with van der Waals surface area (Å²) in [5.74, 6) is 2.91. The van der Waals surface area contributed by atoms with Crippen molar-refractivity contribution in [2.24, 2.45) is 52.3 Å². The Morgan fingerprint density at radius 3 is 2.21 bits per heavy atom. The van der Waals surface area contributed by atoms with Crippen LogP contribution < -0.4 is 0 Å². The largest absolute Gasteiger partial charge is 0.394 e. The molecule has 52 heavy (non-hydrogen) atoms. The van der Waals surface area contributed by atoms with Crippen LogP contribution in [0.15, 0.2) is 0 Å². The predicted octanol–water partition coefficient (Wildman–Crippen LogP) is 1.44. The number of ether oxygens (including phenoxy) is 6. The minimum absolute atomic E-state index is 0.0859. The van der Waals surface area contributed by atoms with Gasteiger partial charge in [0, 0.05) is 12.3 Å². The first-order chi connectivity index (χ1) is 24.6. The summed E-state index contributed by atoms with van der Waals surface area (Å²) in [4.78, 5) is 0. The molecule has 0 amide bonds. The zero-order valence-corrected chi connectivity index (χ0v) is 31.4. The summed E-state index contributed by atoms with van der Waals surface area (Å²) in [5, 5.41) is 74.8. The van der Waals surface area contributed by atoms with Gasteiger partial charge in [0.15, 0.2) is 18.4 Å². The van der Waals surface area contributed by atoms with Crippen molar-refractivity contribution in [3.05, 3.63) is 0 Å². The molecule has 13 nitrogen and oxygen atoms in total. The first-order valence-corrected chi connectivity index (χ1v) is 20.2. The maximum atomic E-state index is 11.8. The van der Waals surface area contributed by atoms with Crippen LogP contribution >= 0.6 is 0 Å². The van der Waals surface area contributed by atoms with Crippen LogP contribution in [0.1, 0.15) is 92.4 Å². The van der Waals surface area contributed by atoms with Crippen molar-refractivity contribution in [2.45, 2.75) is 178 Å². The number of hydrogen-bond donors (Lipinski definition) is 7. The van der Waals surface area contributed by atoms with Crippen LogP contribution in [0.5, 0.6) is 0 Å². The smallest absolute Gasteiger partial charge is 0.187 e. The zero-order valence-electron chi connectivity index (χ0n) is 31.4. The van der Waals surface area contributed by atoms with E-state index < -0.39 is 86.0 Å². The summed E-state index contributed by atoms with van der Waals surface area (Å²) in [6, 6.07) is 0. The monoisotopic (exact) mass is 740 g/mol. The lowest BCUT2D eigenvalue weighted by molar-refractivity contribution is -0.374. The topological polar surface area (TPSA) is 197 Å². The molecule has 8 aliphatic rings. The molecule has 13 heteroatoms. The SMILES string of the molecule is CC1C2C(CC3C4CC[C@H]5C[C@@H](O[C@@H]6O[C@H](CO)[C@H](O)[C@H](O)[C@H]6O[C@@H]6O[C@@H](C)[C@H](O)[C@@H](O)[C@H]6O)[C@H](O)C[C@]5(C)C4CC[C@@]32C)O[C@]12CC[C@@H](C)CO2. The number of rotatable bonds is 5. The molecule has 23 atom stereocenters. The zero-order chi connectivity index (χ0) is 37.1. The molecule has 0 bridgehead atoms. The maximum Gasteiger partial charge on any atom is 0.187 e. The van der Waals surface area contributed by atoms with Crippen LogP contribution in [0.25, 0.3) is 0 Å². The van der Waals surface area contributed by atoms with E-state index >= 15 is 0 Å². The first-order valence-electron chi connectivity index (χ1n) is 20.2. The fraction of sp³-hybridized carbons (Fsp3) is 1.00. The minimum Gasteiger partial charge on any atom is -0.394 e. The number of fused-ring (bicyclic) bond motifs is 7. The minimum atomic E-state index is -1.65. The highest BCUT2D eigenvalue weighted by Crippen LogP contribution is 2.71. The van der Waals surface area contributed by atoms with Crippen molar-refractivity contribution in [3.63, 3.8) is 0 Å². The highest BCUT2D eigenvalue weighted by Gasteiger charge is 2.69. The van der Waals surface area contributed by atoms with Gasteiger partial charge >= 0.3 is 0 Å². The van der Waals surface area contributed by atoms with Gasteiger partial charge in [-0.15, -0.1) is 0 Å². The molecule has 4 aliphatic heterocycles. The highest BCUT2D eigenvalue weighted by atomic mass is 16.8. The molecule has 0 radical (unpaired) electrons. The van der Waals surface area contributed by atoms with E-state index in [2.05, 4.69) is 27.7 Å². The summed E-state index contributed by atoms with van der Waals surface area (Å²) in [6.45, 7) is 11.2. The average Bonchev–Trinajstić information content (AvgIpc) is 3.56. The number of hydrogen-bond acceptors (Lipinski definition) is 13. The van der Waals surface area contributed by atoms with E-state index in [1.54, 1.807) is 0 Å². The molecule has 298 valence electrons.